The topological polar surface area (TPSA) is 61.0 Å². The number of nitrogens with one attached hydrogen (secondary N) is 2. The second-order valence-corrected chi connectivity index (χ2v) is 5.02. The van der Waals surface area contributed by atoms with Crippen LogP contribution in [0.15, 0.2) is 42.7 Å². The maximum Gasteiger partial charge on any atom is 0.254 e. The summed E-state index contributed by atoms with van der Waals surface area (Å²) in [5.74, 6) is -0.105. The minimum atomic E-state index is -0.105. The fourth-order valence-corrected chi connectivity index (χ4v) is 2.01. The summed E-state index contributed by atoms with van der Waals surface area (Å²) in [4.78, 5) is 14.3. The predicted octanol–water partition coefficient (Wildman–Crippen LogP) is 1.83. The first-order valence-electron chi connectivity index (χ1n) is 6.66. The maximum absolute atomic E-state index is 12.1. The molecule has 1 atom stereocenters. The van der Waals surface area contributed by atoms with E-state index in [1.165, 1.54) is 6.20 Å². The third kappa shape index (κ3) is 3.93. The van der Waals surface area contributed by atoms with Crippen LogP contribution >= 0.6 is 0 Å². The fourth-order valence-electron chi connectivity index (χ4n) is 2.01. The van der Waals surface area contributed by atoms with Crippen LogP contribution in [0.1, 0.15) is 28.4 Å². The van der Waals surface area contributed by atoms with Crippen LogP contribution in [0.4, 0.5) is 0 Å². The number of hydrogen-bond donors (Lipinski definition) is 2. The van der Waals surface area contributed by atoms with E-state index in [0.717, 1.165) is 18.5 Å². The average Bonchev–Trinajstić information content (AvgIpc) is 2.98. The van der Waals surface area contributed by atoms with E-state index in [1.54, 1.807) is 6.20 Å². The molecule has 0 aliphatic carbocycles. The Balaban J connectivity index is 2.08. The van der Waals surface area contributed by atoms with Crippen LogP contribution in [0.5, 0.6) is 0 Å². The van der Waals surface area contributed by atoms with Crippen molar-refractivity contribution in [2.24, 2.45) is 0 Å². The van der Waals surface area contributed by atoms with Gasteiger partial charge in [-0.1, -0.05) is 30.3 Å². The Kier molecular flexibility index (Phi) is 4.90. The number of H-pyrrole nitrogens is 1. The molecule has 1 unspecified atom stereocenters. The lowest BCUT2D eigenvalue weighted by Crippen LogP contribution is -2.30. The van der Waals surface area contributed by atoms with E-state index in [4.69, 9.17) is 0 Å². The molecular formula is C15H20N4O. The van der Waals surface area contributed by atoms with Crippen molar-refractivity contribution in [3.05, 3.63) is 53.9 Å². The fraction of sp³-hybridized carbons (Fsp3) is 0.333. The first-order chi connectivity index (χ1) is 9.66. The Labute approximate surface area is 119 Å². The normalized spacial score (nSPS) is 12.3. The Morgan fingerprint density at radius 1 is 1.35 bits per heavy atom. The molecule has 1 heterocycles. The molecule has 1 aromatic heterocycles. The highest BCUT2D eigenvalue weighted by atomic mass is 16.1. The van der Waals surface area contributed by atoms with Crippen molar-refractivity contribution in [2.75, 3.05) is 20.6 Å². The molecule has 2 rings (SSSR count). The van der Waals surface area contributed by atoms with Crippen molar-refractivity contribution in [2.45, 2.75) is 12.5 Å². The van der Waals surface area contributed by atoms with Crippen LogP contribution in [-0.4, -0.2) is 41.6 Å². The lowest BCUT2D eigenvalue weighted by atomic mass is 10.0. The summed E-state index contributed by atoms with van der Waals surface area (Å²) in [7, 11) is 4.06. The predicted molar refractivity (Wildman–Crippen MR) is 78.4 cm³/mol. The molecule has 1 aromatic carbocycles. The number of amides is 1. The van der Waals surface area contributed by atoms with Gasteiger partial charge in [-0.15, -0.1) is 0 Å². The molecule has 5 nitrogen and oxygen atoms in total. The standard InChI is InChI=1S/C15H20N4O/c1-19(2)9-8-14(12-6-4-3-5-7-12)18-15(20)13-10-16-17-11-13/h3-7,10-11,14H,8-9H2,1-2H3,(H,16,17)(H,18,20). The Morgan fingerprint density at radius 2 is 2.10 bits per heavy atom. The number of nitrogens with zero attached hydrogens (tertiary/aromatic N) is 2. The Morgan fingerprint density at radius 3 is 2.70 bits per heavy atom. The van der Waals surface area contributed by atoms with Crippen LogP contribution in [0.25, 0.3) is 0 Å². The van der Waals surface area contributed by atoms with E-state index in [-0.39, 0.29) is 11.9 Å². The SMILES string of the molecule is CN(C)CCC(NC(=O)c1cn[nH]c1)c1ccccc1. The first-order valence-corrected chi connectivity index (χ1v) is 6.66. The van der Waals surface area contributed by atoms with Crippen molar-refractivity contribution in [3.8, 4) is 0 Å². The maximum atomic E-state index is 12.1. The average molecular weight is 272 g/mol. The van der Waals surface area contributed by atoms with Gasteiger partial charge in [0.15, 0.2) is 0 Å². The second-order valence-electron chi connectivity index (χ2n) is 5.02. The van der Waals surface area contributed by atoms with Crippen molar-refractivity contribution in [1.29, 1.82) is 0 Å². The molecule has 0 aliphatic rings. The third-order valence-corrected chi connectivity index (χ3v) is 3.13. The molecule has 0 fully saturated rings. The molecule has 0 aliphatic heterocycles. The van der Waals surface area contributed by atoms with E-state index in [9.17, 15) is 4.79 Å². The minimum absolute atomic E-state index is 0.000926. The zero-order valence-electron chi connectivity index (χ0n) is 11.8. The third-order valence-electron chi connectivity index (χ3n) is 3.13. The molecule has 2 aromatic rings. The number of aromatic nitrogens is 2. The number of benzene rings is 1. The van der Waals surface area contributed by atoms with E-state index in [0.29, 0.717) is 5.56 Å². The molecule has 2 N–H and O–H groups in total. The molecular weight excluding hydrogens is 252 g/mol. The Hall–Kier alpha value is -2.14. The van der Waals surface area contributed by atoms with Gasteiger partial charge < -0.3 is 10.2 Å². The lowest BCUT2D eigenvalue weighted by molar-refractivity contribution is 0.0933. The van der Waals surface area contributed by atoms with Crippen LogP contribution in [0.3, 0.4) is 0 Å². The summed E-state index contributed by atoms with van der Waals surface area (Å²) < 4.78 is 0. The quantitative estimate of drug-likeness (QED) is 0.843. The van der Waals surface area contributed by atoms with E-state index in [1.807, 2.05) is 44.4 Å². The summed E-state index contributed by atoms with van der Waals surface area (Å²) in [5.41, 5.74) is 1.67. The van der Waals surface area contributed by atoms with Crippen LogP contribution in [-0.2, 0) is 0 Å². The number of hydrogen-bond acceptors (Lipinski definition) is 3. The number of aromatic amines is 1. The largest absolute Gasteiger partial charge is 0.345 e. The molecule has 0 radical (unpaired) electrons. The van der Waals surface area contributed by atoms with Crippen LogP contribution in [0, 0.1) is 0 Å². The van der Waals surface area contributed by atoms with Gasteiger partial charge in [0.2, 0.25) is 0 Å². The smallest absolute Gasteiger partial charge is 0.254 e. The highest BCUT2D eigenvalue weighted by Crippen LogP contribution is 2.17. The van der Waals surface area contributed by atoms with Crippen molar-refractivity contribution in [3.63, 3.8) is 0 Å². The molecule has 106 valence electrons. The summed E-state index contributed by atoms with van der Waals surface area (Å²) in [6.45, 7) is 0.908. The van der Waals surface area contributed by atoms with Gasteiger partial charge in [0, 0.05) is 6.20 Å². The summed E-state index contributed by atoms with van der Waals surface area (Å²) in [5, 5.41) is 9.52. The number of carbonyl (C=O) groups is 1. The van der Waals surface area contributed by atoms with Gasteiger partial charge in [-0.2, -0.15) is 5.10 Å². The summed E-state index contributed by atoms with van der Waals surface area (Å²) in [6.07, 6.45) is 3.99. The number of carbonyl (C=O) groups excluding carboxylic acids is 1. The number of rotatable bonds is 6. The van der Waals surface area contributed by atoms with Gasteiger partial charge >= 0.3 is 0 Å². The molecule has 0 saturated carbocycles. The zero-order valence-corrected chi connectivity index (χ0v) is 11.8. The monoisotopic (exact) mass is 272 g/mol. The first kappa shape index (κ1) is 14.3. The van der Waals surface area contributed by atoms with Gasteiger partial charge in [0.05, 0.1) is 17.8 Å². The molecule has 0 bridgehead atoms. The Bertz CT molecular complexity index is 522. The van der Waals surface area contributed by atoms with E-state index >= 15 is 0 Å². The summed E-state index contributed by atoms with van der Waals surface area (Å²) >= 11 is 0. The molecule has 5 heteroatoms. The van der Waals surface area contributed by atoms with Crippen LogP contribution < -0.4 is 5.32 Å². The van der Waals surface area contributed by atoms with Gasteiger partial charge in [0.1, 0.15) is 0 Å². The van der Waals surface area contributed by atoms with Crippen molar-refractivity contribution >= 4 is 5.91 Å². The molecule has 1 amide bonds. The molecule has 0 spiro atoms. The van der Waals surface area contributed by atoms with Crippen LogP contribution in [0.2, 0.25) is 0 Å². The zero-order chi connectivity index (χ0) is 14.4. The van der Waals surface area contributed by atoms with Crippen molar-refractivity contribution < 1.29 is 4.79 Å². The molecule has 0 saturated heterocycles. The van der Waals surface area contributed by atoms with Crippen molar-refractivity contribution in [1.82, 2.24) is 20.4 Å². The minimum Gasteiger partial charge on any atom is -0.345 e. The van der Waals surface area contributed by atoms with Gasteiger partial charge in [0.25, 0.3) is 5.91 Å². The van der Waals surface area contributed by atoms with Gasteiger partial charge in [-0.05, 0) is 32.6 Å². The highest BCUT2D eigenvalue weighted by Gasteiger charge is 2.16. The summed E-state index contributed by atoms with van der Waals surface area (Å²) in [6, 6.07) is 10.0. The van der Waals surface area contributed by atoms with E-state index in [2.05, 4.69) is 20.4 Å². The second kappa shape index (κ2) is 6.86. The highest BCUT2D eigenvalue weighted by molar-refractivity contribution is 5.93. The molecule has 20 heavy (non-hydrogen) atoms. The van der Waals surface area contributed by atoms with Gasteiger partial charge in [-0.25, -0.2) is 0 Å². The van der Waals surface area contributed by atoms with E-state index < -0.39 is 0 Å². The van der Waals surface area contributed by atoms with Gasteiger partial charge in [-0.3, -0.25) is 9.89 Å². The lowest BCUT2D eigenvalue weighted by Gasteiger charge is -2.21.